The van der Waals surface area contributed by atoms with Crippen LogP contribution in [-0.2, 0) is 11.2 Å². The molecule has 0 saturated carbocycles. The average Bonchev–Trinajstić information content (AvgIpc) is 2.29. The van der Waals surface area contributed by atoms with Crippen molar-refractivity contribution in [3.8, 4) is 5.75 Å². The first-order valence-corrected chi connectivity index (χ1v) is 5.68. The molecule has 0 heterocycles. The highest BCUT2D eigenvalue weighted by molar-refractivity contribution is 7.91. The Kier molecular flexibility index (Phi) is 2.94. The fourth-order valence-corrected chi connectivity index (χ4v) is 2.39. The van der Waals surface area contributed by atoms with Crippen LogP contribution in [0.25, 0.3) is 0 Å². The molecule has 0 spiro atoms. The molecule has 76 valence electrons. The van der Waals surface area contributed by atoms with Gasteiger partial charge in [-0.3, -0.25) is 0 Å². The molecule has 0 radical (unpaired) electrons. The largest absolute Gasteiger partial charge is 0.606 e. The van der Waals surface area contributed by atoms with Gasteiger partial charge in [0.1, 0.15) is 5.75 Å². The fraction of sp³-hybridized carbons (Fsp3) is 0. The summed E-state index contributed by atoms with van der Waals surface area (Å²) in [6, 6.07) is 15.7. The summed E-state index contributed by atoms with van der Waals surface area (Å²) in [4.78, 5) is 1.35. The molecule has 1 unspecified atom stereocenters. The Morgan fingerprint density at radius 3 is 2.20 bits per heavy atom. The van der Waals surface area contributed by atoms with Crippen molar-refractivity contribution in [3.63, 3.8) is 0 Å². The molecule has 2 nitrogen and oxygen atoms in total. The van der Waals surface area contributed by atoms with Gasteiger partial charge in [0.15, 0.2) is 9.79 Å². The van der Waals surface area contributed by atoms with E-state index in [1.54, 1.807) is 30.3 Å². The van der Waals surface area contributed by atoms with E-state index in [1.165, 1.54) is 6.07 Å². The monoisotopic (exact) mass is 218 g/mol. The predicted molar refractivity (Wildman–Crippen MR) is 59.2 cm³/mol. The average molecular weight is 218 g/mol. The summed E-state index contributed by atoms with van der Waals surface area (Å²) in [6.45, 7) is 0. The summed E-state index contributed by atoms with van der Waals surface area (Å²) in [5.41, 5.74) is 0. The maximum absolute atomic E-state index is 12.0. The van der Waals surface area contributed by atoms with Crippen molar-refractivity contribution in [3.05, 3.63) is 54.6 Å². The molecule has 0 amide bonds. The van der Waals surface area contributed by atoms with Gasteiger partial charge in [0.25, 0.3) is 0 Å². The van der Waals surface area contributed by atoms with Crippen LogP contribution in [0.2, 0.25) is 0 Å². The van der Waals surface area contributed by atoms with Gasteiger partial charge in [0.05, 0.1) is 0 Å². The van der Waals surface area contributed by atoms with Gasteiger partial charge < -0.3 is 9.66 Å². The van der Waals surface area contributed by atoms with E-state index in [1.807, 2.05) is 18.2 Å². The van der Waals surface area contributed by atoms with Crippen LogP contribution in [0.3, 0.4) is 0 Å². The Morgan fingerprint density at radius 2 is 1.53 bits per heavy atom. The van der Waals surface area contributed by atoms with Gasteiger partial charge in [-0.15, -0.1) is 0 Å². The van der Waals surface area contributed by atoms with E-state index in [0.717, 1.165) is 4.90 Å². The van der Waals surface area contributed by atoms with Gasteiger partial charge in [-0.1, -0.05) is 24.3 Å². The SMILES string of the molecule is [O-][S+](c1ccccc1)c1cccc(O)c1. The van der Waals surface area contributed by atoms with E-state index in [0.29, 0.717) is 4.90 Å². The maximum Gasteiger partial charge on any atom is 0.162 e. The van der Waals surface area contributed by atoms with Crippen LogP contribution < -0.4 is 0 Å². The van der Waals surface area contributed by atoms with E-state index < -0.39 is 11.2 Å². The second-order valence-corrected chi connectivity index (χ2v) is 4.56. The quantitative estimate of drug-likeness (QED) is 0.787. The first-order chi connectivity index (χ1) is 7.27. The van der Waals surface area contributed by atoms with Gasteiger partial charge in [0, 0.05) is 17.2 Å². The van der Waals surface area contributed by atoms with Crippen LogP contribution in [0.4, 0.5) is 0 Å². The Bertz CT molecular complexity index is 442. The van der Waals surface area contributed by atoms with Crippen LogP contribution in [0, 0.1) is 0 Å². The van der Waals surface area contributed by atoms with Crippen LogP contribution >= 0.6 is 0 Å². The van der Waals surface area contributed by atoms with Crippen molar-refractivity contribution in [1.82, 2.24) is 0 Å². The number of hydrogen-bond acceptors (Lipinski definition) is 2. The number of hydrogen-bond donors (Lipinski definition) is 1. The third kappa shape index (κ3) is 2.32. The number of phenols is 1. The Hall–Kier alpha value is -1.45. The molecule has 0 aliphatic carbocycles. The standard InChI is InChI=1S/C12H10O2S/c13-10-5-4-8-12(9-10)15(14)11-6-2-1-3-7-11/h1-9,13H. The van der Waals surface area contributed by atoms with Gasteiger partial charge in [-0.25, -0.2) is 0 Å². The summed E-state index contributed by atoms with van der Waals surface area (Å²) in [6.07, 6.45) is 0. The summed E-state index contributed by atoms with van der Waals surface area (Å²) < 4.78 is 12.0. The van der Waals surface area contributed by atoms with Gasteiger partial charge >= 0.3 is 0 Å². The third-order valence-corrected chi connectivity index (χ3v) is 3.37. The second-order valence-electron chi connectivity index (χ2n) is 3.08. The molecular weight excluding hydrogens is 208 g/mol. The lowest BCUT2D eigenvalue weighted by Gasteiger charge is -2.09. The van der Waals surface area contributed by atoms with Crippen molar-refractivity contribution in [1.29, 1.82) is 0 Å². The maximum atomic E-state index is 12.0. The highest BCUT2D eigenvalue weighted by Crippen LogP contribution is 2.23. The van der Waals surface area contributed by atoms with Crippen LogP contribution in [-0.4, -0.2) is 9.66 Å². The lowest BCUT2D eigenvalue weighted by molar-refractivity contribution is 0.473. The molecule has 0 aliphatic rings. The number of phenolic OH excluding ortho intramolecular Hbond substituents is 1. The van der Waals surface area contributed by atoms with Crippen molar-refractivity contribution in [2.24, 2.45) is 0 Å². The van der Waals surface area contributed by atoms with Crippen molar-refractivity contribution >= 4 is 11.2 Å². The smallest absolute Gasteiger partial charge is 0.162 e. The van der Waals surface area contributed by atoms with E-state index in [4.69, 9.17) is 0 Å². The summed E-state index contributed by atoms with van der Waals surface area (Å²) in [5, 5.41) is 9.27. The van der Waals surface area contributed by atoms with E-state index in [-0.39, 0.29) is 5.75 Å². The Morgan fingerprint density at radius 1 is 0.867 bits per heavy atom. The molecule has 3 heteroatoms. The lowest BCUT2D eigenvalue weighted by Crippen LogP contribution is -2.01. The molecule has 0 bridgehead atoms. The lowest BCUT2D eigenvalue weighted by atomic mass is 10.3. The van der Waals surface area contributed by atoms with E-state index in [9.17, 15) is 9.66 Å². The minimum atomic E-state index is -1.22. The van der Waals surface area contributed by atoms with Crippen molar-refractivity contribution in [2.75, 3.05) is 0 Å². The summed E-state index contributed by atoms with van der Waals surface area (Å²) in [5.74, 6) is 0.136. The minimum Gasteiger partial charge on any atom is -0.606 e. The van der Waals surface area contributed by atoms with Crippen molar-refractivity contribution < 1.29 is 9.66 Å². The molecule has 2 rings (SSSR count). The molecule has 0 aliphatic heterocycles. The van der Waals surface area contributed by atoms with Crippen molar-refractivity contribution in [2.45, 2.75) is 9.79 Å². The summed E-state index contributed by atoms with van der Waals surface area (Å²) >= 11 is -1.22. The third-order valence-electron chi connectivity index (χ3n) is 1.99. The molecule has 0 saturated heterocycles. The number of benzene rings is 2. The molecule has 1 N–H and O–H groups in total. The molecule has 0 fully saturated rings. The first-order valence-electron chi connectivity index (χ1n) is 4.53. The van der Waals surface area contributed by atoms with E-state index >= 15 is 0 Å². The first kappa shape index (κ1) is 10.1. The van der Waals surface area contributed by atoms with E-state index in [2.05, 4.69) is 0 Å². The zero-order valence-electron chi connectivity index (χ0n) is 7.96. The van der Waals surface area contributed by atoms with Crippen LogP contribution in [0.1, 0.15) is 0 Å². The molecule has 2 aromatic rings. The fourth-order valence-electron chi connectivity index (χ4n) is 1.28. The number of aromatic hydroxyl groups is 1. The second kappa shape index (κ2) is 4.38. The minimum absolute atomic E-state index is 0.136. The zero-order valence-corrected chi connectivity index (χ0v) is 8.78. The zero-order chi connectivity index (χ0) is 10.7. The number of rotatable bonds is 2. The molecule has 2 aromatic carbocycles. The van der Waals surface area contributed by atoms with Crippen LogP contribution in [0.5, 0.6) is 5.75 Å². The molecule has 15 heavy (non-hydrogen) atoms. The highest BCUT2D eigenvalue weighted by atomic mass is 32.2. The highest BCUT2D eigenvalue weighted by Gasteiger charge is 2.13. The molecule has 0 aromatic heterocycles. The van der Waals surface area contributed by atoms with Gasteiger partial charge in [0.2, 0.25) is 0 Å². The van der Waals surface area contributed by atoms with Gasteiger partial charge in [-0.05, 0) is 24.3 Å². The topological polar surface area (TPSA) is 43.3 Å². The normalized spacial score (nSPS) is 12.3. The molecular formula is C12H10O2S. The Labute approximate surface area is 91.4 Å². The molecule has 1 atom stereocenters. The van der Waals surface area contributed by atoms with Crippen LogP contribution in [0.15, 0.2) is 64.4 Å². The Balaban J connectivity index is 2.32. The summed E-state index contributed by atoms with van der Waals surface area (Å²) in [7, 11) is 0. The predicted octanol–water partition coefficient (Wildman–Crippen LogP) is 2.56. The van der Waals surface area contributed by atoms with Gasteiger partial charge in [-0.2, -0.15) is 0 Å².